The second kappa shape index (κ2) is 6.06. The van der Waals surface area contributed by atoms with Gasteiger partial charge in [-0.05, 0) is 25.2 Å². The molecule has 0 N–H and O–H groups in total. The summed E-state index contributed by atoms with van der Waals surface area (Å²) >= 11 is 0. The lowest BCUT2D eigenvalue weighted by molar-refractivity contribution is 0.307. The standard InChI is InChI=1S/C12H25N/c1-7-13(9-8-10(2)3)12(6)11(4)5/h10-11H,6-9H2,1-5H3. The summed E-state index contributed by atoms with van der Waals surface area (Å²) in [5.41, 5.74) is 1.28. The molecule has 0 aromatic carbocycles. The van der Waals surface area contributed by atoms with Crippen LogP contribution < -0.4 is 0 Å². The van der Waals surface area contributed by atoms with E-state index in [-0.39, 0.29) is 0 Å². The molecule has 0 saturated heterocycles. The molecule has 0 aliphatic rings. The first-order valence-electron chi connectivity index (χ1n) is 5.42. The van der Waals surface area contributed by atoms with Crippen molar-refractivity contribution in [2.75, 3.05) is 13.1 Å². The molecule has 0 heterocycles. The van der Waals surface area contributed by atoms with Crippen LogP contribution in [0.25, 0.3) is 0 Å². The van der Waals surface area contributed by atoms with Gasteiger partial charge in [0.2, 0.25) is 0 Å². The lowest BCUT2D eigenvalue weighted by Crippen LogP contribution is -2.26. The van der Waals surface area contributed by atoms with E-state index in [1.54, 1.807) is 0 Å². The molecular formula is C12H25N. The minimum atomic E-state index is 0.576. The van der Waals surface area contributed by atoms with Crippen LogP contribution in [0, 0.1) is 11.8 Å². The molecule has 0 aromatic heterocycles. The summed E-state index contributed by atoms with van der Waals surface area (Å²) in [4.78, 5) is 2.39. The third kappa shape index (κ3) is 4.97. The van der Waals surface area contributed by atoms with Crippen LogP contribution in [-0.2, 0) is 0 Å². The van der Waals surface area contributed by atoms with E-state index in [2.05, 4.69) is 46.1 Å². The predicted molar refractivity (Wildman–Crippen MR) is 60.7 cm³/mol. The number of hydrogen-bond donors (Lipinski definition) is 0. The molecule has 0 aromatic rings. The van der Waals surface area contributed by atoms with E-state index in [9.17, 15) is 0 Å². The average Bonchev–Trinajstić information content (AvgIpc) is 2.04. The van der Waals surface area contributed by atoms with Crippen LogP contribution in [0.5, 0.6) is 0 Å². The van der Waals surface area contributed by atoms with Gasteiger partial charge < -0.3 is 4.90 Å². The van der Waals surface area contributed by atoms with E-state index >= 15 is 0 Å². The molecule has 0 aliphatic heterocycles. The first-order valence-corrected chi connectivity index (χ1v) is 5.42. The Morgan fingerprint density at radius 1 is 1.23 bits per heavy atom. The molecular weight excluding hydrogens is 158 g/mol. The van der Waals surface area contributed by atoms with Crippen LogP contribution in [0.1, 0.15) is 41.0 Å². The fraction of sp³-hybridized carbons (Fsp3) is 0.833. The van der Waals surface area contributed by atoms with Crippen molar-refractivity contribution in [1.29, 1.82) is 0 Å². The summed E-state index contributed by atoms with van der Waals surface area (Å²) in [5, 5.41) is 0. The van der Waals surface area contributed by atoms with Crippen molar-refractivity contribution >= 4 is 0 Å². The molecule has 0 amide bonds. The summed E-state index contributed by atoms with van der Waals surface area (Å²) in [7, 11) is 0. The lowest BCUT2D eigenvalue weighted by Gasteiger charge is -2.28. The largest absolute Gasteiger partial charge is 0.375 e. The van der Waals surface area contributed by atoms with Crippen LogP contribution in [0.15, 0.2) is 12.3 Å². The van der Waals surface area contributed by atoms with E-state index < -0.39 is 0 Å². The Morgan fingerprint density at radius 2 is 1.77 bits per heavy atom. The smallest absolute Gasteiger partial charge is 0.0177 e. The fourth-order valence-corrected chi connectivity index (χ4v) is 1.28. The predicted octanol–water partition coefficient (Wildman–Crippen LogP) is 3.52. The molecule has 0 bridgehead atoms. The molecule has 13 heavy (non-hydrogen) atoms. The summed E-state index contributed by atoms with van der Waals surface area (Å²) in [5.74, 6) is 1.36. The Hall–Kier alpha value is -0.460. The number of rotatable bonds is 6. The maximum absolute atomic E-state index is 4.13. The zero-order chi connectivity index (χ0) is 10.4. The third-order valence-corrected chi connectivity index (χ3v) is 2.43. The topological polar surface area (TPSA) is 3.24 Å². The van der Waals surface area contributed by atoms with Gasteiger partial charge in [0.1, 0.15) is 0 Å². The van der Waals surface area contributed by atoms with Crippen molar-refractivity contribution in [2.45, 2.75) is 41.0 Å². The molecule has 0 rings (SSSR count). The second-order valence-corrected chi connectivity index (χ2v) is 4.41. The third-order valence-electron chi connectivity index (χ3n) is 2.43. The van der Waals surface area contributed by atoms with Gasteiger partial charge in [-0.15, -0.1) is 0 Å². The molecule has 0 radical (unpaired) electrons. The molecule has 0 atom stereocenters. The van der Waals surface area contributed by atoms with Crippen LogP contribution >= 0.6 is 0 Å². The van der Waals surface area contributed by atoms with Crippen LogP contribution in [-0.4, -0.2) is 18.0 Å². The second-order valence-electron chi connectivity index (χ2n) is 4.41. The summed E-state index contributed by atoms with van der Waals surface area (Å²) in [6.07, 6.45) is 1.26. The molecule has 0 fully saturated rings. The van der Waals surface area contributed by atoms with Gasteiger partial charge in [-0.3, -0.25) is 0 Å². The van der Waals surface area contributed by atoms with Gasteiger partial charge in [0.25, 0.3) is 0 Å². The monoisotopic (exact) mass is 183 g/mol. The highest BCUT2D eigenvalue weighted by Crippen LogP contribution is 2.14. The van der Waals surface area contributed by atoms with Gasteiger partial charge in [0.15, 0.2) is 0 Å². The van der Waals surface area contributed by atoms with Gasteiger partial charge in [-0.25, -0.2) is 0 Å². The van der Waals surface area contributed by atoms with E-state index in [1.165, 1.54) is 12.1 Å². The van der Waals surface area contributed by atoms with Gasteiger partial charge in [-0.2, -0.15) is 0 Å². The molecule has 0 saturated carbocycles. The first-order chi connectivity index (χ1) is 5.99. The Balaban J connectivity index is 3.95. The molecule has 0 aliphatic carbocycles. The zero-order valence-corrected chi connectivity index (χ0v) is 9.93. The minimum absolute atomic E-state index is 0.576. The van der Waals surface area contributed by atoms with E-state index in [4.69, 9.17) is 0 Å². The molecule has 1 heteroatoms. The average molecular weight is 183 g/mol. The Labute approximate surface area is 83.8 Å². The maximum atomic E-state index is 4.13. The zero-order valence-electron chi connectivity index (χ0n) is 9.93. The van der Waals surface area contributed by atoms with Crippen molar-refractivity contribution < 1.29 is 0 Å². The quantitative estimate of drug-likeness (QED) is 0.609. The van der Waals surface area contributed by atoms with Crippen molar-refractivity contribution in [1.82, 2.24) is 4.90 Å². The van der Waals surface area contributed by atoms with E-state index in [0.717, 1.165) is 19.0 Å². The van der Waals surface area contributed by atoms with Crippen LogP contribution in [0.4, 0.5) is 0 Å². The van der Waals surface area contributed by atoms with Crippen molar-refractivity contribution in [3.63, 3.8) is 0 Å². The highest BCUT2D eigenvalue weighted by Gasteiger charge is 2.08. The normalized spacial score (nSPS) is 11.0. The molecule has 0 unspecified atom stereocenters. The Kier molecular flexibility index (Phi) is 5.85. The Bertz CT molecular complexity index is 147. The number of nitrogens with zero attached hydrogens (tertiary/aromatic N) is 1. The van der Waals surface area contributed by atoms with Crippen molar-refractivity contribution in [2.24, 2.45) is 11.8 Å². The summed E-state index contributed by atoms with van der Waals surface area (Å²) in [6.45, 7) is 17.5. The highest BCUT2D eigenvalue weighted by molar-refractivity contribution is 4.96. The van der Waals surface area contributed by atoms with Crippen LogP contribution in [0.3, 0.4) is 0 Å². The van der Waals surface area contributed by atoms with Crippen LogP contribution in [0.2, 0.25) is 0 Å². The van der Waals surface area contributed by atoms with Crippen molar-refractivity contribution in [3.05, 3.63) is 12.3 Å². The van der Waals surface area contributed by atoms with Gasteiger partial charge >= 0.3 is 0 Å². The van der Waals surface area contributed by atoms with Gasteiger partial charge in [-0.1, -0.05) is 34.3 Å². The minimum Gasteiger partial charge on any atom is -0.375 e. The van der Waals surface area contributed by atoms with Crippen molar-refractivity contribution in [3.8, 4) is 0 Å². The fourth-order valence-electron chi connectivity index (χ4n) is 1.28. The lowest BCUT2D eigenvalue weighted by atomic mass is 10.1. The Morgan fingerprint density at radius 3 is 2.08 bits per heavy atom. The summed E-state index contributed by atoms with van der Waals surface area (Å²) < 4.78 is 0. The number of allylic oxidation sites excluding steroid dienone is 1. The van der Waals surface area contributed by atoms with Gasteiger partial charge in [0.05, 0.1) is 0 Å². The van der Waals surface area contributed by atoms with Gasteiger partial charge in [0, 0.05) is 18.8 Å². The first kappa shape index (κ1) is 12.5. The highest BCUT2D eigenvalue weighted by atomic mass is 15.1. The molecule has 78 valence electrons. The molecule has 1 nitrogen and oxygen atoms in total. The summed E-state index contributed by atoms with van der Waals surface area (Å²) in [6, 6.07) is 0. The van der Waals surface area contributed by atoms with E-state index in [1.807, 2.05) is 0 Å². The molecule has 0 spiro atoms. The van der Waals surface area contributed by atoms with E-state index in [0.29, 0.717) is 5.92 Å². The maximum Gasteiger partial charge on any atom is 0.0177 e. The SMILES string of the molecule is C=C(C(C)C)N(CC)CCC(C)C. The number of hydrogen-bond acceptors (Lipinski definition) is 1.